The van der Waals surface area contributed by atoms with Crippen molar-refractivity contribution in [3.8, 4) is 0 Å². The van der Waals surface area contributed by atoms with Gasteiger partial charge in [-0.25, -0.2) is 0 Å². The molecule has 3 atom stereocenters. The fourth-order valence-corrected chi connectivity index (χ4v) is 3.58. The van der Waals surface area contributed by atoms with Gasteiger partial charge in [-0.3, -0.25) is 9.59 Å². The van der Waals surface area contributed by atoms with Gasteiger partial charge in [0.15, 0.2) is 0 Å². The van der Waals surface area contributed by atoms with Gasteiger partial charge in [0.1, 0.15) is 0 Å². The van der Waals surface area contributed by atoms with Crippen molar-refractivity contribution in [1.29, 1.82) is 0 Å². The molecule has 152 valence electrons. The van der Waals surface area contributed by atoms with Crippen LogP contribution in [0.15, 0.2) is 0 Å². The van der Waals surface area contributed by atoms with Crippen molar-refractivity contribution < 1.29 is 9.59 Å². The van der Waals surface area contributed by atoms with Crippen LogP contribution in [0.1, 0.15) is 80.6 Å². The quantitative estimate of drug-likeness (QED) is 0.631. The van der Waals surface area contributed by atoms with E-state index < -0.39 is 0 Å². The minimum Gasteiger partial charge on any atom is -0.343 e. The Morgan fingerprint density at radius 2 is 1.50 bits per heavy atom. The highest BCUT2D eigenvalue weighted by atomic mass is 16.2. The second-order valence-corrected chi connectivity index (χ2v) is 9.38. The smallest absolute Gasteiger partial charge is 0.228 e. The molecule has 0 spiro atoms. The van der Waals surface area contributed by atoms with Crippen LogP contribution in [0, 0.1) is 23.2 Å². The van der Waals surface area contributed by atoms with Gasteiger partial charge in [-0.1, -0.05) is 41.5 Å². The Labute approximate surface area is 161 Å². The number of hydrogen-bond donors (Lipinski definition) is 0. The van der Waals surface area contributed by atoms with Crippen LogP contribution >= 0.6 is 0 Å². The molecule has 0 aromatic carbocycles. The van der Waals surface area contributed by atoms with E-state index in [-0.39, 0.29) is 23.3 Å². The average Bonchev–Trinajstić information content (AvgIpc) is 2.63. The Morgan fingerprint density at radius 1 is 0.962 bits per heavy atom. The topological polar surface area (TPSA) is 40.6 Å². The zero-order valence-corrected chi connectivity index (χ0v) is 18.5. The number of amides is 2. The molecule has 0 aromatic heterocycles. The minimum absolute atomic E-state index is 0.0528. The van der Waals surface area contributed by atoms with Gasteiger partial charge in [0.2, 0.25) is 11.8 Å². The first-order valence-electron chi connectivity index (χ1n) is 10.6. The summed E-state index contributed by atoms with van der Waals surface area (Å²) in [5.41, 5.74) is -0.342. The Bertz CT molecular complexity index is 467. The summed E-state index contributed by atoms with van der Waals surface area (Å²) in [5.74, 6) is 1.23. The molecule has 0 aliphatic carbocycles. The third kappa shape index (κ3) is 5.72. The van der Waals surface area contributed by atoms with E-state index in [2.05, 4.69) is 46.4 Å². The molecule has 26 heavy (non-hydrogen) atoms. The van der Waals surface area contributed by atoms with Crippen molar-refractivity contribution >= 4 is 11.8 Å². The molecular weight excluding hydrogens is 324 g/mol. The van der Waals surface area contributed by atoms with Crippen molar-refractivity contribution in [2.75, 3.05) is 20.1 Å². The van der Waals surface area contributed by atoms with Crippen LogP contribution in [-0.4, -0.2) is 47.8 Å². The molecular formula is C22H42N2O2. The molecule has 1 heterocycles. The summed E-state index contributed by atoms with van der Waals surface area (Å²) < 4.78 is 0. The summed E-state index contributed by atoms with van der Waals surface area (Å²) in [6.45, 7) is 16.5. The van der Waals surface area contributed by atoms with Crippen LogP contribution in [0.2, 0.25) is 0 Å². The van der Waals surface area contributed by atoms with E-state index in [1.807, 2.05) is 18.9 Å². The molecule has 1 fully saturated rings. The van der Waals surface area contributed by atoms with Crippen molar-refractivity contribution in [2.45, 2.75) is 86.6 Å². The predicted octanol–water partition coefficient (Wildman–Crippen LogP) is 4.58. The fraction of sp³-hybridized carbons (Fsp3) is 0.909. The van der Waals surface area contributed by atoms with Gasteiger partial charge >= 0.3 is 0 Å². The highest BCUT2D eigenvalue weighted by molar-refractivity contribution is 5.82. The molecule has 4 nitrogen and oxygen atoms in total. The Balaban J connectivity index is 2.58. The van der Waals surface area contributed by atoms with E-state index in [0.29, 0.717) is 17.7 Å². The van der Waals surface area contributed by atoms with E-state index in [0.717, 1.165) is 38.8 Å². The van der Waals surface area contributed by atoms with Gasteiger partial charge in [0.25, 0.3) is 0 Å². The first kappa shape index (κ1) is 23.0. The van der Waals surface area contributed by atoms with E-state index in [9.17, 15) is 9.59 Å². The van der Waals surface area contributed by atoms with Gasteiger partial charge in [-0.05, 0) is 50.9 Å². The third-order valence-corrected chi connectivity index (χ3v) is 6.84. The van der Waals surface area contributed by atoms with Gasteiger partial charge in [0.05, 0.1) is 0 Å². The number of nitrogens with zero attached hydrogens (tertiary/aromatic N) is 2. The zero-order chi connectivity index (χ0) is 20.1. The van der Waals surface area contributed by atoms with Crippen LogP contribution in [0.5, 0.6) is 0 Å². The standard InChI is InChI=1S/C22H42N2O2/c1-16(2)19(5)20(25)23(8)18(4)13-12-17(3)22(6,7)21(26)24-14-10-9-11-15-24/h16-19H,9-15H2,1-8H3. The van der Waals surface area contributed by atoms with Gasteiger partial charge in [-0.15, -0.1) is 0 Å². The third-order valence-electron chi connectivity index (χ3n) is 6.84. The Kier molecular flexibility index (Phi) is 8.62. The number of carbonyl (C=O) groups is 2. The molecule has 0 N–H and O–H groups in total. The van der Waals surface area contributed by atoms with Crippen molar-refractivity contribution in [2.24, 2.45) is 23.2 Å². The summed E-state index contributed by atoms with van der Waals surface area (Å²) in [4.78, 5) is 29.5. The largest absolute Gasteiger partial charge is 0.343 e. The van der Waals surface area contributed by atoms with E-state index >= 15 is 0 Å². The number of piperidine rings is 1. The molecule has 1 saturated heterocycles. The lowest BCUT2D eigenvalue weighted by Gasteiger charge is -2.38. The lowest BCUT2D eigenvalue weighted by molar-refractivity contribution is -0.144. The maximum absolute atomic E-state index is 13.0. The summed E-state index contributed by atoms with van der Waals surface area (Å²) in [7, 11) is 1.92. The Morgan fingerprint density at radius 3 is 2.00 bits per heavy atom. The van der Waals surface area contributed by atoms with Gasteiger partial charge < -0.3 is 9.80 Å². The highest BCUT2D eigenvalue weighted by Crippen LogP contribution is 2.34. The van der Waals surface area contributed by atoms with E-state index in [4.69, 9.17) is 0 Å². The first-order chi connectivity index (χ1) is 12.0. The predicted molar refractivity (Wildman–Crippen MR) is 109 cm³/mol. The molecule has 0 radical (unpaired) electrons. The zero-order valence-electron chi connectivity index (χ0n) is 18.5. The highest BCUT2D eigenvalue weighted by Gasteiger charge is 2.37. The van der Waals surface area contributed by atoms with Crippen molar-refractivity contribution in [3.05, 3.63) is 0 Å². The second kappa shape index (κ2) is 9.75. The normalized spacial score (nSPS) is 19.2. The molecule has 0 aromatic rings. The molecule has 0 saturated carbocycles. The van der Waals surface area contributed by atoms with Crippen LogP contribution in [0.3, 0.4) is 0 Å². The van der Waals surface area contributed by atoms with Crippen LogP contribution in [0.4, 0.5) is 0 Å². The Hall–Kier alpha value is -1.06. The number of carbonyl (C=O) groups excluding carboxylic acids is 2. The van der Waals surface area contributed by atoms with Crippen LogP contribution in [-0.2, 0) is 9.59 Å². The van der Waals surface area contributed by atoms with Crippen molar-refractivity contribution in [1.82, 2.24) is 9.80 Å². The summed E-state index contributed by atoms with van der Waals surface area (Å²) >= 11 is 0. The van der Waals surface area contributed by atoms with E-state index in [1.54, 1.807) is 0 Å². The molecule has 0 bridgehead atoms. The number of hydrogen-bond acceptors (Lipinski definition) is 2. The molecule has 4 heteroatoms. The fourth-order valence-electron chi connectivity index (χ4n) is 3.58. The summed E-state index contributed by atoms with van der Waals surface area (Å²) in [5, 5.41) is 0. The molecule has 1 aliphatic heterocycles. The van der Waals surface area contributed by atoms with Gasteiger partial charge in [0, 0.05) is 37.5 Å². The molecule has 1 rings (SSSR count). The lowest BCUT2D eigenvalue weighted by atomic mass is 9.75. The van der Waals surface area contributed by atoms with Crippen molar-refractivity contribution in [3.63, 3.8) is 0 Å². The minimum atomic E-state index is -0.342. The SMILES string of the molecule is CC(C)C(C)C(=O)N(C)C(C)CCC(C)C(C)(C)C(=O)N1CCCCC1. The summed E-state index contributed by atoms with van der Waals surface area (Å²) in [6, 6.07) is 0.201. The van der Waals surface area contributed by atoms with Crippen LogP contribution in [0.25, 0.3) is 0 Å². The monoisotopic (exact) mass is 366 g/mol. The van der Waals surface area contributed by atoms with Gasteiger partial charge in [-0.2, -0.15) is 0 Å². The lowest BCUT2D eigenvalue weighted by Crippen LogP contribution is -2.46. The molecule has 1 aliphatic rings. The molecule has 2 amide bonds. The first-order valence-corrected chi connectivity index (χ1v) is 10.6. The average molecular weight is 367 g/mol. The maximum Gasteiger partial charge on any atom is 0.228 e. The summed E-state index contributed by atoms with van der Waals surface area (Å²) in [6.07, 6.45) is 5.40. The van der Waals surface area contributed by atoms with Crippen LogP contribution < -0.4 is 0 Å². The second-order valence-electron chi connectivity index (χ2n) is 9.38. The van der Waals surface area contributed by atoms with E-state index in [1.165, 1.54) is 6.42 Å². The molecule has 3 unspecified atom stereocenters. The number of likely N-dealkylation sites (tertiary alicyclic amines) is 1. The number of rotatable bonds is 8. The maximum atomic E-state index is 13.0.